The molecule has 0 fully saturated rings. The molecule has 1 aromatic heterocycles. The molecule has 2 aromatic rings. The number of benzene rings is 1. The number of pyridine rings is 1. The minimum Gasteiger partial charge on any atom is -0.496 e. The van der Waals surface area contributed by atoms with Gasteiger partial charge in [-0.2, -0.15) is 0 Å². The Bertz CT molecular complexity index is 797. The first kappa shape index (κ1) is 19.7. The lowest BCUT2D eigenvalue weighted by atomic mass is 10.0. The molecule has 6 nitrogen and oxygen atoms in total. The largest absolute Gasteiger partial charge is 0.496 e. The maximum Gasteiger partial charge on any atom is 0.320 e. The van der Waals surface area contributed by atoms with Gasteiger partial charge in [0, 0.05) is 24.7 Å². The van der Waals surface area contributed by atoms with E-state index in [9.17, 15) is 14.0 Å². The van der Waals surface area contributed by atoms with Crippen LogP contribution in [0.2, 0.25) is 5.02 Å². The van der Waals surface area contributed by atoms with Gasteiger partial charge in [0.05, 0.1) is 12.1 Å². The number of anilines is 1. The lowest BCUT2D eigenvalue weighted by molar-refractivity contribution is -0.116. The summed E-state index contributed by atoms with van der Waals surface area (Å²) < 4.78 is 19.8. The van der Waals surface area contributed by atoms with Gasteiger partial charge in [0.2, 0.25) is 0 Å². The Hall–Kier alpha value is -2.67. The molecule has 1 aromatic carbocycles. The molecule has 1 heterocycles. The molecule has 0 saturated carbocycles. The molecule has 0 aliphatic heterocycles. The number of nitrogens with zero attached hydrogens (tertiary/aromatic N) is 1. The van der Waals surface area contributed by atoms with Crippen LogP contribution in [0.25, 0.3) is 0 Å². The highest BCUT2D eigenvalue weighted by atomic mass is 35.5. The molecule has 0 spiro atoms. The van der Waals surface area contributed by atoms with E-state index in [0.29, 0.717) is 27.7 Å². The van der Waals surface area contributed by atoms with Gasteiger partial charge in [-0.15, -0.1) is 0 Å². The van der Waals surface area contributed by atoms with Gasteiger partial charge in [0.15, 0.2) is 0 Å². The number of ether oxygens (including phenoxy) is 1. The number of nitrogens with one attached hydrogen (secondary N) is 2. The Morgan fingerprint density at radius 2 is 2.04 bits per heavy atom. The summed E-state index contributed by atoms with van der Waals surface area (Å²) in [5, 5.41) is 5.63. The SMILES string of the molecule is COc1ccc(CC(C)=O)c(F)c1CCNC(=O)Nc1ccc(Cl)cn1. The fourth-order valence-corrected chi connectivity index (χ4v) is 2.50. The van der Waals surface area contributed by atoms with Crippen LogP contribution >= 0.6 is 11.6 Å². The van der Waals surface area contributed by atoms with Gasteiger partial charge in [-0.3, -0.25) is 10.1 Å². The smallest absolute Gasteiger partial charge is 0.320 e. The molecule has 2 rings (SSSR count). The van der Waals surface area contributed by atoms with Crippen LogP contribution in [0.15, 0.2) is 30.5 Å². The molecule has 0 aliphatic rings. The third-order valence-corrected chi connectivity index (χ3v) is 3.79. The summed E-state index contributed by atoms with van der Waals surface area (Å²) in [5.74, 6) is 0.101. The molecule has 0 aliphatic carbocycles. The summed E-state index contributed by atoms with van der Waals surface area (Å²) in [6, 6.07) is 5.85. The lowest BCUT2D eigenvalue weighted by Gasteiger charge is -2.13. The first-order valence-corrected chi connectivity index (χ1v) is 8.28. The molecule has 138 valence electrons. The molecule has 8 heteroatoms. The minimum absolute atomic E-state index is 0.0129. The Balaban J connectivity index is 1.98. The van der Waals surface area contributed by atoms with Gasteiger partial charge >= 0.3 is 6.03 Å². The number of aromatic nitrogens is 1. The number of ketones is 1. The summed E-state index contributed by atoms with van der Waals surface area (Å²) in [5.41, 5.74) is 0.624. The summed E-state index contributed by atoms with van der Waals surface area (Å²) in [7, 11) is 1.44. The highest BCUT2D eigenvalue weighted by Crippen LogP contribution is 2.25. The Morgan fingerprint density at radius 3 is 2.65 bits per heavy atom. The van der Waals surface area contributed by atoms with Crippen molar-refractivity contribution >= 4 is 29.2 Å². The van der Waals surface area contributed by atoms with Crippen molar-refractivity contribution in [1.29, 1.82) is 0 Å². The molecule has 0 unspecified atom stereocenters. The normalized spacial score (nSPS) is 10.3. The van der Waals surface area contributed by atoms with Crippen molar-refractivity contribution in [2.45, 2.75) is 19.8 Å². The first-order valence-electron chi connectivity index (χ1n) is 7.90. The molecule has 0 radical (unpaired) electrons. The average Bonchev–Trinajstić information content (AvgIpc) is 2.60. The number of rotatable bonds is 7. The van der Waals surface area contributed by atoms with Crippen LogP contribution in [0.5, 0.6) is 5.75 Å². The van der Waals surface area contributed by atoms with E-state index in [4.69, 9.17) is 16.3 Å². The van der Waals surface area contributed by atoms with Crippen molar-refractivity contribution in [2.24, 2.45) is 0 Å². The standard InChI is InChI=1S/C18H19ClFN3O3/c1-11(24)9-12-3-5-15(26-2)14(17(12)20)7-8-21-18(25)23-16-6-4-13(19)10-22-16/h3-6,10H,7-9H2,1-2H3,(H2,21,22,23,25). The van der Waals surface area contributed by atoms with E-state index < -0.39 is 11.8 Å². The van der Waals surface area contributed by atoms with E-state index in [1.807, 2.05) is 0 Å². The Kier molecular flexibility index (Phi) is 6.91. The number of carbonyl (C=O) groups is 2. The number of carbonyl (C=O) groups excluding carboxylic acids is 2. The number of hydrogen-bond acceptors (Lipinski definition) is 4. The van der Waals surface area contributed by atoms with Gasteiger partial charge in [0.25, 0.3) is 0 Å². The van der Waals surface area contributed by atoms with Crippen molar-refractivity contribution in [3.8, 4) is 5.75 Å². The summed E-state index contributed by atoms with van der Waals surface area (Å²) in [4.78, 5) is 27.1. The summed E-state index contributed by atoms with van der Waals surface area (Å²) in [6.45, 7) is 1.58. The second-order valence-electron chi connectivity index (χ2n) is 5.59. The molecule has 0 bridgehead atoms. The number of methoxy groups -OCH3 is 1. The Morgan fingerprint density at radius 1 is 1.27 bits per heavy atom. The predicted octanol–water partition coefficient (Wildman–Crippen LogP) is 3.38. The zero-order valence-corrected chi connectivity index (χ0v) is 15.2. The quantitative estimate of drug-likeness (QED) is 0.772. The van der Waals surface area contributed by atoms with E-state index in [0.717, 1.165) is 0 Å². The highest BCUT2D eigenvalue weighted by molar-refractivity contribution is 6.30. The van der Waals surface area contributed by atoms with Crippen LogP contribution in [0.3, 0.4) is 0 Å². The van der Waals surface area contributed by atoms with Gasteiger partial charge in [-0.1, -0.05) is 17.7 Å². The van der Waals surface area contributed by atoms with Crippen LogP contribution in [0, 0.1) is 5.82 Å². The van der Waals surface area contributed by atoms with Gasteiger partial charge in [-0.05, 0) is 37.1 Å². The van der Waals surface area contributed by atoms with Crippen LogP contribution in [-0.4, -0.2) is 30.5 Å². The van der Waals surface area contributed by atoms with E-state index in [-0.39, 0.29) is 25.2 Å². The topological polar surface area (TPSA) is 80.3 Å². The number of Topliss-reactive ketones (excluding diaryl/α,β-unsaturated/α-hetero) is 1. The summed E-state index contributed by atoms with van der Waals surface area (Å²) >= 11 is 5.73. The Labute approximate surface area is 155 Å². The second kappa shape index (κ2) is 9.15. The van der Waals surface area contributed by atoms with Crippen molar-refractivity contribution in [2.75, 3.05) is 19.0 Å². The molecule has 0 saturated heterocycles. The predicted molar refractivity (Wildman–Crippen MR) is 97.3 cm³/mol. The number of hydrogen-bond donors (Lipinski definition) is 2. The maximum atomic E-state index is 14.6. The average molecular weight is 380 g/mol. The molecule has 2 N–H and O–H groups in total. The molecule has 2 amide bonds. The second-order valence-corrected chi connectivity index (χ2v) is 6.03. The van der Waals surface area contributed by atoms with Crippen LogP contribution in [0.1, 0.15) is 18.1 Å². The number of halogens is 2. The molecule has 0 atom stereocenters. The maximum absolute atomic E-state index is 14.6. The third-order valence-electron chi connectivity index (χ3n) is 3.57. The van der Waals surface area contributed by atoms with Crippen molar-refractivity contribution in [3.63, 3.8) is 0 Å². The lowest BCUT2D eigenvalue weighted by Crippen LogP contribution is -2.31. The van der Waals surface area contributed by atoms with E-state index in [1.54, 1.807) is 18.2 Å². The van der Waals surface area contributed by atoms with Crippen LogP contribution < -0.4 is 15.4 Å². The molecule has 26 heavy (non-hydrogen) atoms. The van der Waals surface area contributed by atoms with Crippen LogP contribution in [-0.2, 0) is 17.6 Å². The van der Waals surface area contributed by atoms with E-state index >= 15 is 0 Å². The van der Waals surface area contributed by atoms with Crippen molar-refractivity contribution in [3.05, 3.63) is 52.4 Å². The minimum atomic E-state index is -0.485. The third kappa shape index (κ3) is 5.42. The number of urea groups is 1. The monoisotopic (exact) mass is 379 g/mol. The first-order chi connectivity index (χ1) is 12.4. The van der Waals surface area contributed by atoms with E-state index in [2.05, 4.69) is 15.6 Å². The van der Waals surface area contributed by atoms with Gasteiger partial charge in [-0.25, -0.2) is 14.2 Å². The number of amides is 2. The zero-order chi connectivity index (χ0) is 19.1. The van der Waals surface area contributed by atoms with Crippen molar-refractivity contribution < 1.29 is 18.7 Å². The fraction of sp³-hybridized carbons (Fsp3) is 0.278. The fourth-order valence-electron chi connectivity index (χ4n) is 2.39. The van der Waals surface area contributed by atoms with Gasteiger partial charge < -0.3 is 10.1 Å². The zero-order valence-electron chi connectivity index (χ0n) is 14.4. The molecular weight excluding hydrogens is 361 g/mol. The van der Waals surface area contributed by atoms with E-state index in [1.165, 1.54) is 26.3 Å². The van der Waals surface area contributed by atoms with Crippen LogP contribution in [0.4, 0.5) is 15.0 Å². The molecular formula is C18H19ClFN3O3. The highest BCUT2D eigenvalue weighted by Gasteiger charge is 2.15. The van der Waals surface area contributed by atoms with Crippen molar-refractivity contribution in [1.82, 2.24) is 10.3 Å². The summed E-state index contributed by atoms with van der Waals surface area (Å²) in [6.07, 6.45) is 1.64. The van der Waals surface area contributed by atoms with Gasteiger partial charge in [0.1, 0.15) is 23.2 Å².